The second kappa shape index (κ2) is 5.23. The highest BCUT2D eigenvalue weighted by molar-refractivity contribution is 5.94. The molecule has 0 radical (unpaired) electrons. The quantitative estimate of drug-likeness (QED) is 0.835. The predicted octanol–water partition coefficient (Wildman–Crippen LogP) is 3.41. The van der Waals surface area contributed by atoms with E-state index in [0.29, 0.717) is 18.7 Å². The van der Waals surface area contributed by atoms with Crippen molar-refractivity contribution in [2.75, 3.05) is 6.54 Å². The lowest BCUT2D eigenvalue weighted by Gasteiger charge is -2.41. The number of halogens is 3. The second-order valence-electron chi connectivity index (χ2n) is 5.14. The lowest BCUT2D eigenvalue weighted by Crippen LogP contribution is -2.41. The van der Waals surface area contributed by atoms with E-state index < -0.39 is 23.4 Å². The molecule has 1 amide bonds. The highest BCUT2D eigenvalue weighted by Gasteiger charge is 2.35. The van der Waals surface area contributed by atoms with Gasteiger partial charge >= 0.3 is 0 Å². The maximum Gasteiger partial charge on any atom is 0.251 e. The predicted molar refractivity (Wildman–Crippen MR) is 65.2 cm³/mol. The molecule has 19 heavy (non-hydrogen) atoms. The van der Waals surface area contributed by atoms with Crippen LogP contribution in [0.2, 0.25) is 0 Å². The van der Waals surface area contributed by atoms with E-state index in [1.54, 1.807) is 0 Å². The Kier molecular flexibility index (Phi) is 3.83. The molecule has 0 atom stereocenters. The van der Waals surface area contributed by atoms with Gasteiger partial charge in [-0.2, -0.15) is 0 Å². The third-order valence-electron chi connectivity index (χ3n) is 4.03. The van der Waals surface area contributed by atoms with E-state index in [4.69, 9.17) is 0 Å². The highest BCUT2D eigenvalue weighted by Crippen LogP contribution is 2.43. The average molecular weight is 271 g/mol. The van der Waals surface area contributed by atoms with Crippen LogP contribution in [-0.2, 0) is 0 Å². The number of hydrogen-bond acceptors (Lipinski definition) is 1. The van der Waals surface area contributed by atoms with Gasteiger partial charge in [-0.15, -0.1) is 0 Å². The molecule has 2 nitrogen and oxygen atoms in total. The van der Waals surface area contributed by atoms with Crippen molar-refractivity contribution < 1.29 is 18.0 Å². The molecule has 0 unspecified atom stereocenters. The molecule has 1 aromatic carbocycles. The molecule has 0 aromatic heterocycles. The zero-order chi connectivity index (χ0) is 14.0. The lowest BCUT2D eigenvalue weighted by molar-refractivity contribution is 0.0849. The monoisotopic (exact) mass is 271 g/mol. The van der Waals surface area contributed by atoms with E-state index in [0.717, 1.165) is 25.7 Å². The lowest BCUT2D eigenvalue weighted by atomic mass is 9.67. The molecule has 1 aliphatic carbocycles. The Bertz CT molecular complexity index is 469. The van der Waals surface area contributed by atoms with E-state index in [1.807, 2.05) is 0 Å². The Balaban J connectivity index is 2.04. The fraction of sp³-hybridized carbons (Fsp3) is 0.500. The standard InChI is InChI=1S/C14H16F3NO/c1-2-14(4-3-5-14)8-18-13(19)9-6-10(15)12(17)11(16)7-9/h6-7H,2-5,8H2,1H3,(H,18,19). The minimum atomic E-state index is -1.56. The molecule has 1 fully saturated rings. The molecule has 0 bridgehead atoms. The first-order valence-electron chi connectivity index (χ1n) is 6.40. The Morgan fingerprint density at radius 1 is 1.26 bits per heavy atom. The fourth-order valence-corrected chi connectivity index (χ4v) is 2.39. The molecule has 1 aromatic rings. The van der Waals surface area contributed by atoms with Gasteiger partial charge in [-0.3, -0.25) is 4.79 Å². The molecule has 2 rings (SSSR count). The smallest absolute Gasteiger partial charge is 0.251 e. The molecule has 1 N–H and O–H groups in total. The molecule has 0 heterocycles. The van der Waals surface area contributed by atoms with Crippen molar-refractivity contribution in [1.29, 1.82) is 0 Å². The van der Waals surface area contributed by atoms with E-state index >= 15 is 0 Å². The van der Waals surface area contributed by atoms with Crippen molar-refractivity contribution >= 4 is 5.91 Å². The number of carbonyl (C=O) groups excluding carboxylic acids is 1. The summed E-state index contributed by atoms with van der Waals surface area (Å²) in [5, 5.41) is 2.67. The first kappa shape index (κ1) is 13.9. The summed E-state index contributed by atoms with van der Waals surface area (Å²) >= 11 is 0. The Hall–Kier alpha value is -1.52. The first-order chi connectivity index (χ1) is 8.97. The molecule has 104 valence electrons. The van der Waals surface area contributed by atoms with Crippen molar-refractivity contribution in [1.82, 2.24) is 5.32 Å². The topological polar surface area (TPSA) is 29.1 Å². The molecule has 0 saturated heterocycles. The van der Waals surface area contributed by atoms with Gasteiger partial charge in [0.05, 0.1) is 0 Å². The van der Waals surface area contributed by atoms with Crippen LogP contribution in [0, 0.1) is 22.9 Å². The molecule has 0 aliphatic heterocycles. The molecule has 1 saturated carbocycles. The van der Waals surface area contributed by atoms with Crippen molar-refractivity contribution in [3.8, 4) is 0 Å². The normalized spacial score (nSPS) is 16.8. The van der Waals surface area contributed by atoms with Crippen LogP contribution < -0.4 is 5.32 Å². The summed E-state index contributed by atoms with van der Waals surface area (Å²) in [6.45, 7) is 2.55. The van der Waals surface area contributed by atoms with Gasteiger partial charge in [0.2, 0.25) is 0 Å². The number of benzene rings is 1. The van der Waals surface area contributed by atoms with Gasteiger partial charge in [0, 0.05) is 12.1 Å². The Morgan fingerprint density at radius 3 is 2.26 bits per heavy atom. The zero-order valence-corrected chi connectivity index (χ0v) is 10.7. The maximum absolute atomic E-state index is 13.0. The SMILES string of the molecule is CCC1(CNC(=O)c2cc(F)c(F)c(F)c2)CCC1. The molecular formula is C14H16F3NO. The van der Waals surface area contributed by atoms with Crippen LogP contribution in [0.15, 0.2) is 12.1 Å². The van der Waals surface area contributed by atoms with Crippen LogP contribution in [0.25, 0.3) is 0 Å². The van der Waals surface area contributed by atoms with Crippen molar-refractivity contribution in [3.05, 3.63) is 35.1 Å². The molecular weight excluding hydrogens is 255 g/mol. The number of hydrogen-bond donors (Lipinski definition) is 1. The largest absolute Gasteiger partial charge is 0.351 e. The molecule has 1 aliphatic rings. The average Bonchev–Trinajstić information content (AvgIpc) is 2.34. The third kappa shape index (κ3) is 2.74. The summed E-state index contributed by atoms with van der Waals surface area (Å²) in [5.74, 6) is -4.82. The third-order valence-corrected chi connectivity index (χ3v) is 4.03. The van der Waals surface area contributed by atoms with Crippen molar-refractivity contribution in [3.63, 3.8) is 0 Å². The van der Waals surface area contributed by atoms with Gasteiger partial charge in [-0.25, -0.2) is 13.2 Å². The minimum Gasteiger partial charge on any atom is -0.351 e. The highest BCUT2D eigenvalue weighted by atomic mass is 19.2. The summed E-state index contributed by atoms with van der Waals surface area (Å²) in [7, 11) is 0. The number of amides is 1. The van der Waals surface area contributed by atoms with Crippen LogP contribution in [0.4, 0.5) is 13.2 Å². The Morgan fingerprint density at radius 2 is 1.84 bits per heavy atom. The van der Waals surface area contributed by atoms with E-state index in [1.165, 1.54) is 0 Å². The Labute approximate surface area is 110 Å². The van der Waals surface area contributed by atoms with Crippen LogP contribution >= 0.6 is 0 Å². The summed E-state index contributed by atoms with van der Waals surface area (Å²) in [5.41, 5.74) is -0.0748. The van der Waals surface area contributed by atoms with Crippen LogP contribution in [0.5, 0.6) is 0 Å². The second-order valence-corrected chi connectivity index (χ2v) is 5.14. The van der Waals surface area contributed by atoms with E-state index in [9.17, 15) is 18.0 Å². The van der Waals surface area contributed by atoms with Crippen LogP contribution in [-0.4, -0.2) is 12.5 Å². The zero-order valence-electron chi connectivity index (χ0n) is 10.7. The first-order valence-corrected chi connectivity index (χ1v) is 6.40. The summed E-state index contributed by atoms with van der Waals surface area (Å²) in [6, 6.07) is 1.43. The van der Waals surface area contributed by atoms with Crippen molar-refractivity contribution in [2.24, 2.45) is 5.41 Å². The number of nitrogens with one attached hydrogen (secondary N) is 1. The van der Waals surface area contributed by atoms with Gasteiger partial charge in [0.1, 0.15) is 0 Å². The number of carbonyl (C=O) groups is 1. The van der Waals surface area contributed by atoms with Gasteiger partial charge in [0.25, 0.3) is 5.91 Å². The molecule has 5 heteroatoms. The maximum atomic E-state index is 13.0. The van der Waals surface area contributed by atoms with Crippen LogP contribution in [0.3, 0.4) is 0 Å². The minimum absolute atomic E-state index is 0.118. The van der Waals surface area contributed by atoms with Gasteiger partial charge in [-0.1, -0.05) is 13.3 Å². The summed E-state index contributed by atoms with van der Waals surface area (Å²) < 4.78 is 38.8. The molecule has 0 spiro atoms. The summed E-state index contributed by atoms with van der Waals surface area (Å²) in [6.07, 6.45) is 4.20. The van der Waals surface area contributed by atoms with Crippen LogP contribution in [0.1, 0.15) is 43.0 Å². The number of rotatable bonds is 4. The van der Waals surface area contributed by atoms with E-state index in [2.05, 4.69) is 12.2 Å². The van der Waals surface area contributed by atoms with Crippen molar-refractivity contribution in [2.45, 2.75) is 32.6 Å². The summed E-state index contributed by atoms with van der Waals surface area (Å²) in [4.78, 5) is 11.8. The van der Waals surface area contributed by atoms with Gasteiger partial charge in [-0.05, 0) is 36.8 Å². The fourth-order valence-electron chi connectivity index (χ4n) is 2.39. The van der Waals surface area contributed by atoms with Gasteiger partial charge in [0.15, 0.2) is 17.5 Å². The van der Waals surface area contributed by atoms with E-state index in [-0.39, 0.29) is 11.0 Å². The van der Waals surface area contributed by atoms with Gasteiger partial charge < -0.3 is 5.32 Å².